The number of hydrogen-bond acceptors (Lipinski definition) is 2. The molecule has 0 amide bonds. The molecule has 1 saturated carbocycles. The molecular formula is C10H20NS-. The van der Waals surface area contributed by atoms with Crippen LogP contribution in [0.3, 0.4) is 0 Å². The number of rotatable bonds is 2. The Kier molecular flexibility index (Phi) is 4.20. The summed E-state index contributed by atoms with van der Waals surface area (Å²) in [6, 6.07) is 0. The summed E-state index contributed by atoms with van der Waals surface area (Å²) >= 11 is 0. The molecule has 0 heterocycles. The van der Waals surface area contributed by atoms with Crippen molar-refractivity contribution in [3.05, 3.63) is 0 Å². The Morgan fingerprint density at radius 2 is 2.08 bits per heavy atom. The number of nitrogens with two attached hydrogens (primary N) is 1. The van der Waals surface area contributed by atoms with E-state index >= 15 is 0 Å². The average Bonchev–Trinajstić information content (AvgIpc) is 2.03. The molecule has 1 aliphatic carbocycles. The molecule has 1 fully saturated rings. The highest BCUT2D eigenvalue weighted by Gasteiger charge is 2.18. The van der Waals surface area contributed by atoms with Gasteiger partial charge in [0.05, 0.1) is 0 Å². The van der Waals surface area contributed by atoms with Crippen LogP contribution in [0.15, 0.2) is 0 Å². The highest BCUT2D eigenvalue weighted by molar-refractivity contribution is 7.85. The fourth-order valence-corrected chi connectivity index (χ4v) is 3.19. The summed E-state index contributed by atoms with van der Waals surface area (Å²) in [5.41, 5.74) is 11.5. The van der Waals surface area contributed by atoms with Crippen molar-refractivity contribution in [3.63, 3.8) is 0 Å². The van der Waals surface area contributed by atoms with E-state index in [-0.39, 0.29) is 10.3 Å². The van der Waals surface area contributed by atoms with Gasteiger partial charge in [0.25, 0.3) is 0 Å². The Morgan fingerprint density at radius 3 is 2.67 bits per heavy atom. The van der Waals surface area contributed by atoms with Crippen LogP contribution in [0.1, 0.15) is 25.7 Å². The molecule has 2 atom stereocenters. The van der Waals surface area contributed by atoms with E-state index in [1.54, 1.807) is 0 Å². The van der Waals surface area contributed by atoms with Crippen molar-refractivity contribution >= 4 is 10.3 Å². The highest BCUT2D eigenvalue weighted by atomic mass is 32.2. The lowest BCUT2D eigenvalue weighted by atomic mass is 9.82. The third kappa shape index (κ3) is 3.22. The molecule has 1 rings (SSSR count). The minimum Gasteiger partial charge on any atom is -0.460 e. The van der Waals surface area contributed by atoms with Crippen molar-refractivity contribution in [2.75, 3.05) is 18.6 Å². The molecule has 0 saturated heterocycles. The van der Waals surface area contributed by atoms with Gasteiger partial charge in [0.2, 0.25) is 0 Å². The SMILES string of the molecule is C#[S-](C)CC1CCCC(CN)C1. The molecule has 0 aromatic heterocycles. The normalized spacial score (nSPS) is 30.8. The number of hydrogen-bond donors (Lipinski definition) is 1. The van der Waals surface area contributed by atoms with Crippen LogP contribution in [0.4, 0.5) is 0 Å². The van der Waals surface area contributed by atoms with Gasteiger partial charge in [-0.15, -0.1) is 12.0 Å². The topological polar surface area (TPSA) is 26.0 Å². The van der Waals surface area contributed by atoms with Crippen LogP contribution in [-0.2, 0) is 10.3 Å². The predicted octanol–water partition coefficient (Wildman–Crippen LogP) is 1.59. The van der Waals surface area contributed by atoms with Crippen molar-refractivity contribution in [1.29, 1.82) is 0 Å². The van der Waals surface area contributed by atoms with E-state index in [1.165, 1.54) is 31.4 Å². The van der Waals surface area contributed by atoms with Crippen LogP contribution in [0.25, 0.3) is 0 Å². The lowest BCUT2D eigenvalue weighted by Crippen LogP contribution is -2.24. The van der Waals surface area contributed by atoms with Crippen LogP contribution >= 0.6 is 0 Å². The first kappa shape index (κ1) is 10.2. The van der Waals surface area contributed by atoms with E-state index in [4.69, 9.17) is 11.4 Å². The summed E-state index contributed by atoms with van der Waals surface area (Å²) < 4.78 is 0. The minimum absolute atomic E-state index is 0.129. The zero-order valence-corrected chi connectivity index (χ0v) is 8.78. The van der Waals surface area contributed by atoms with Gasteiger partial charge >= 0.3 is 0 Å². The lowest BCUT2D eigenvalue weighted by Gasteiger charge is -2.31. The Bertz CT molecular complexity index is 192. The first-order chi connectivity index (χ1) is 5.72. The van der Waals surface area contributed by atoms with Gasteiger partial charge in [-0.25, -0.2) is 0 Å². The Hall–Kier alpha value is 0.0900. The second kappa shape index (κ2) is 4.96. The monoisotopic (exact) mass is 186 g/mol. The molecule has 12 heavy (non-hydrogen) atoms. The summed E-state index contributed by atoms with van der Waals surface area (Å²) in [4.78, 5) is 0. The van der Waals surface area contributed by atoms with Gasteiger partial charge in [0.15, 0.2) is 0 Å². The fraction of sp³-hybridized carbons (Fsp3) is 0.900. The van der Waals surface area contributed by atoms with E-state index in [0.29, 0.717) is 0 Å². The van der Waals surface area contributed by atoms with Crippen molar-refractivity contribution in [1.82, 2.24) is 0 Å². The van der Waals surface area contributed by atoms with Crippen LogP contribution in [0, 0.1) is 17.5 Å². The molecule has 1 aliphatic rings. The Morgan fingerprint density at radius 1 is 1.42 bits per heavy atom. The molecule has 0 radical (unpaired) electrons. The molecule has 72 valence electrons. The molecular weight excluding hydrogens is 166 g/mol. The highest BCUT2D eigenvalue weighted by Crippen LogP contribution is 2.28. The quantitative estimate of drug-likeness (QED) is 0.651. The summed E-state index contributed by atoms with van der Waals surface area (Å²) in [5, 5.41) is 0. The summed E-state index contributed by atoms with van der Waals surface area (Å²) in [6.45, 7) is 0.874. The first-order valence-corrected chi connectivity index (χ1v) is 6.66. The third-order valence-electron chi connectivity index (χ3n) is 2.72. The van der Waals surface area contributed by atoms with Gasteiger partial charge in [-0.05, 0) is 25.3 Å². The molecule has 2 heteroatoms. The van der Waals surface area contributed by atoms with Gasteiger partial charge < -0.3 is 21.7 Å². The van der Waals surface area contributed by atoms with Crippen LogP contribution < -0.4 is 5.73 Å². The lowest BCUT2D eigenvalue weighted by molar-refractivity contribution is 0.292. The zero-order chi connectivity index (χ0) is 8.97. The molecule has 0 aliphatic heterocycles. The fourth-order valence-electron chi connectivity index (χ4n) is 2.14. The maximum Gasteiger partial charge on any atom is -0.00488 e. The van der Waals surface area contributed by atoms with E-state index < -0.39 is 0 Å². The largest absolute Gasteiger partial charge is 0.460 e. The first-order valence-electron chi connectivity index (χ1n) is 4.79. The summed E-state index contributed by atoms with van der Waals surface area (Å²) in [7, 11) is 0.129. The average molecular weight is 186 g/mol. The van der Waals surface area contributed by atoms with Gasteiger partial charge in [0, 0.05) is 0 Å². The second-order valence-electron chi connectivity index (χ2n) is 3.99. The summed E-state index contributed by atoms with van der Waals surface area (Å²) in [6.07, 6.45) is 7.54. The molecule has 0 spiro atoms. The molecule has 0 bridgehead atoms. The Labute approximate surface area is 78.3 Å². The maximum atomic E-state index is 5.81. The predicted molar refractivity (Wildman–Crippen MR) is 57.6 cm³/mol. The van der Waals surface area contributed by atoms with Crippen molar-refractivity contribution in [3.8, 4) is 5.69 Å². The molecule has 1 nitrogen and oxygen atoms in total. The van der Waals surface area contributed by atoms with Crippen molar-refractivity contribution in [2.45, 2.75) is 25.7 Å². The van der Waals surface area contributed by atoms with Gasteiger partial charge in [-0.1, -0.05) is 18.8 Å². The minimum atomic E-state index is 0.129. The molecule has 0 aromatic carbocycles. The third-order valence-corrected chi connectivity index (χ3v) is 3.72. The molecule has 0 aromatic rings. The van der Waals surface area contributed by atoms with Gasteiger partial charge in [-0.2, -0.15) is 0 Å². The van der Waals surface area contributed by atoms with Crippen LogP contribution in [0.2, 0.25) is 0 Å². The molecule has 2 N–H and O–H groups in total. The second-order valence-corrected chi connectivity index (χ2v) is 5.71. The van der Waals surface area contributed by atoms with E-state index in [9.17, 15) is 0 Å². The standard InChI is InChI=1S/C10H20NS/c1-12(2)8-10-5-3-4-9(6-10)7-11/h1,9-10H,3-8,11H2,2H3/q-1. The van der Waals surface area contributed by atoms with Crippen LogP contribution in [0.5, 0.6) is 0 Å². The van der Waals surface area contributed by atoms with E-state index in [2.05, 4.69) is 6.26 Å². The Balaban J connectivity index is 2.32. The van der Waals surface area contributed by atoms with E-state index in [0.717, 1.165) is 18.4 Å². The van der Waals surface area contributed by atoms with Crippen LogP contribution in [-0.4, -0.2) is 18.6 Å². The van der Waals surface area contributed by atoms with Crippen molar-refractivity contribution < 1.29 is 0 Å². The summed E-state index contributed by atoms with van der Waals surface area (Å²) in [5.74, 6) is 2.87. The van der Waals surface area contributed by atoms with Crippen molar-refractivity contribution in [2.24, 2.45) is 17.6 Å². The van der Waals surface area contributed by atoms with E-state index in [1.807, 2.05) is 0 Å². The maximum absolute atomic E-state index is 5.81. The molecule has 2 unspecified atom stereocenters. The zero-order valence-electron chi connectivity index (χ0n) is 7.96. The van der Waals surface area contributed by atoms with Gasteiger partial charge in [-0.3, -0.25) is 0 Å². The van der Waals surface area contributed by atoms with Gasteiger partial charge in [0.1, 0.15) is 0 Å². The smallest absolute Gasteiger partial charge is 0.00488 e.